The van der Waals surface area contributed by atoms with Gasteiger partial charge in [0.05, 0.1) is 13.1 Å². The number of allylic oxidation sites excluding steroid dienone is 1. The lowest BCUT2D eigenvalue weighted by atomic mass is 9.98. The Morgan fingerprint density at radius 3 is 2.63 bits per heavy atom. The number of halogens is 3. The van der Waals surface area contributed by atoms with Crippen LogP contribution in [0.2, 0.25) is 0 Å². The molecule has 0 unspecified atom stereocenters. The molecule has 3 N–H and O–H groups in total. The average molecular weight is 563 g/mol. The van der Waals surface area contributed by atoms with Crippen molar-refractivity contribution in [3.05, 3.63) is 90.5 Å². The van der Waals surface area contributed by atoms with Gasteiger partial charge in [-0.25, -0.2) is 13.2 Å². The van der Waals surface area contributed by atoms with Crippen LogP contribution in [0.5, 0.6) is 0 Å². The van der Waals surface area contributed by atoms with Crippen molar-refractivity contribution in [2.24, 2.45) is 4.99 Å². The van der Waals surface area contributed by atoms with Gasteiger partial charge in [-0.05, 0) is 71.3 Å². The fourth-order valence-corrected chi connectivity index (χ4v) is 4.79. The fourth-order valence-electron chi connectivity index (χ4n) is 4.79. The van der Waals surface area contributed by atoms with Crippen LogP contribution in [0.25, 0.3) is 22.3 Å². The normalized spacial score (nSPS) is 14.9. The molecule has 4 rings (SSSR count). The van der Waals surface area contributed by atoms with Crippen LogP contribution in [0.4, 0.5) is 24.5 Å². The van der Waals surface area contributed by atoms with Crippen molar-refractivity contribution in [1.82, 2.24) is 15.2 Å². The maximum atomic E-state index is 14.2. The van der Waals surface area contributed by atoms with E-state index < -0.39 is 5.92 Å². The molecular formula is C32H37F3N6. The molecule has 0 spiro atoms. The van der Waals surface area contributed by atoms with Crippen LogP contribution in [-0.4, -0.2) is 68.8 Å². The summed E-state index contributed by atoms with van der Waals surface area (Å²) in [7, 11) is 3.70. The molecule has 9 heteroatoms. The van der Waals surface area contributed by atoms with Gasteiger partial charge in [-0.1, -0.05) is 19.2 Å². The van der Waals surface area contributed by atoms with Gasteiger partial charge < -0.3 is 16.0 Å². The van der Waals surface area contributed by atoms with Crippen molar-refractivity contribution in [2.45, 2.75) is 18.9 Å². The highest BCUT2D eigenvalue weighted by atomic mass is 19.3. The first-order valence-corrected chi connectivity index (χ1v) is 13.6. The number of anilines is 2. The number of likely N-dealkylation sites (tertiary alicyclic amines) is 1. The summed E-state index contributed by atoms with van der Waals surface area (Å²) in [6.45, 7) is 10.6. The van der Waals surface area contributed by atoms with Crippen molar-refractivity contribution in [3.8, 4) is 11.1 Å². The summed E-state index contributed by atoms with van der Waals surface area (Å²) >= 11 is 0. The predicted octanol–water partition coefficient (Wildman–Crippen LogP) is 6.20. The minimum atomic E-state index is -2.62. The molecular weight excluding hydrogens is 525 g/mol. The van der Waals surface area contributed by atoms with Gasteiger partial charge >= 0.3 is 0 Å². The smallest absolute Gasteiger partial charge is 0.261 e. The van der Waals surface area contributed by atoms with E-state index in [0.717, 1.165) is 34.5 Å². The monoisotopic (exact) mass is 562 g/mol. The number of hydrogen-bond acceptors (Lipinski definition) is 6. The molecule has 1 aliphatic rings. The third kappa shape index (κ3) is 8.28. The van der Waals surface area contributed by atoms with Crippen LogP contribution >= 0.6 is 0 Å². The zero-order valence-corrected chi connectivity index (χ0v) is 23.6. The maximum Gasteiger partial charge on any atom is 0.261 e. The number of hydrogen-bond donors (Lipinski definition) is 3. The molecule has 2 heterocycles. The van der Waals surface area contributed by atoms with Gasteiger partial charge in [0.25, 0.3) is 5.92 Å². The van der Waals surface area contributed by atoms with E-state index >= 15 is 0 Å². The summed E-state index contributed by atoms with van der Waals surface area (Å²) in [6, 6.07) is 12.7. The van der Waals surface area contributed by atoms with Crippen molar-refractivity contribution in [2.75, 3.05) is 57.5 Å². The number of rotatable bonds is 13. The van der Waals surface area contributed by atoms with Gasteiger partial charge in [0, 0.05) is 80.8 Å². The highest BCUT2D eigenvalue weighted by Gasteiger charge is 2.37. The van der Waals surface area contributed by atoms with Gasteiger partial charge in [0.2, 0.25) is 0 Å². The summed E-state index contributed by atoms with van der Waals surface area (Å²) < 4.78 is 41.5. The first-order chi connectivity index (χ1) is 19.7. The third-order valence-electron chi connectivity index (χ3n) is 6.96. The zero-order chi connectivity index (χ0) is 29.4. The molecule has 1 aromatic heterocycles. The number of alkyl halides is 2. The largest absolute Gasteiger partial charge is 0.388 e. The quantitative estimate of drug-likeness (QED) is 0.171. The topological polar surface area (TPSA) is 64.6 Å². The Hall–Kier alpha value is -3.95. The second-order valence-corrected chi connectivity index (χ2v) is 10.3. The molecule has 6 nitrogen and oxygen atoms in total. The van der Waals surface area contributed by atoms with E-state index in [1.54, 1.807) is 23.5 Å². The Morgan fingerprint density at radius 1 is 1.07 bits per heavy atom. The molecule has 41 heavy (non-hydrogen) atoms. The standard InChI is InChI=1S/C32H37F3N6/c1-22(26-12-28(33)15-29(13-26)40-9-8-36-3)16-38-17-23(2)30-14-25(5-6-31(30)37-4)27-11-24(18-39-19-27)20-41-10-7-32(34,35)21-41/h5-6,11-15,17-19,36-37,40H,1-2,7-10,16,20-21H2,3-4H3. The van der Waals surface area contributed by atoms with Gasteiger partial charge in [0.1, 0.15) is 5.82 Å². The minimum absolute atomic E-state index is 0.108. The summed E-state index contributed by atoms with van der Waals surface area (Å²) in [5, 5.41) is 9.44. The van der Waals surface area contributed by atoms with Crippen LogP contribution in [0.15, 0.2) is 73.0 Å². The number of nitrogens with zero attached hydrogens (tertiary/aromatic N) is 3. The molecule has 0 radical (unpaired) electrons. The average Bonchev–Trinajstić information content (AvgIpc) is 3.30. The van der Waals surface area contributed by atoms with Crippen LogP contribution < -0.4 is 16.0 Å². The highest BCUT2D eigenvalue weighted by molar-refractivity contribution is 6.11. The van der Waals surface area contributed by atoms with E-state index in [4.69, 9.17) is 0 Å². The van der Waals surface area contributed by atoms with E-state index in [-0.39, 0.29) is 25.3 Å². The lowest BCUT2D eigenvalue weighted by Crippen LogP contribution is -2.24. The second-order valence-electron chi connectivity index (χ2n) is 10.3. The molecule has 2 aromatic carbocycles. The number of likely N-dealkylation sites (N-methyl/N-ethyl adjacent to an activating group) is 1. The number of aliphatic imine (C=N–C) groups is 1. The molecule has 216 valence electrons. The molecule has 1 saturated heterocycles. The SMILES string of the molecule is C=C(CN=CC(=C)c1cc(-c2cncc(CN3CCC(F)(F)C3)c2)ccc1NC)c1cc(F)cc(NCCNC)c1. The molecule has 1 aliphatic heterocycles. The van der Waals surface area contributed by atoms with Crippen molar-refractivity contribution < 1.29 is 13.2 Å². The Labute approximate surface area is 240 Å². The fraction of sp³-hybridized carbons (Fsp3) is 0.312. The van der Waals surface area contributed by atoms with Crippen LogP contribution in [-0.2, 0) is 6.54 Å². The van der Waals surface area contributed by atoms with E-state index in [1.807, 2.05) is 44.4 Å². The van der Waals surface area contributed by atoms with Crippen molar-refractivity contribution in [3.63, 3.8) is 0 Å². The minimum Gasteiger partial charge on any atom is -0.388 e. The molecule has 0 saturated carbocycles. The Kier molecular flexibility index (Phi) is 9.96. The number of nitrogens with one attached hydrogen (secondary N) is 3. The van der Waals surface area contributed by atoms with Crippen LogP contribution in [0.1, 0.15) is 23.1 Å². The predicted molar refractivity (Wildman–Crippen MR) is 164 cm³/mol. The zero-order valence-electron chi connectivity index (χ0n) is 23.6. The Bertz CT molecular complexity index is 1420. The molecule has 0 aliphatic carbocycles. The van der Waals surface area contributed by atoms with E-state index in [2.05, 4.69) is 39.1 Å². The van der Waals surface area contributed by atoms with Crippen molar-refractivity contribution >= 4 is 28.7 Å². The molecule has 3 aromatic rings. The molecule has 0 amide bonds. The van der Waals surface area contributed by atoms with Crippen LogP contribution in [0.3, 0.4) is 0 Å². The summed E-state index contributed by atoms with van der Waals surface area (Å²) in [6.07, 6.45) is 5.07. The third-order valence-corrected chi connectivity index (χ3v) is 6.96. The molecule has 0 bridgehead atoms. The lowest BCUT2D eigenvalue weighted by Gasteiger charge is -2.16. The number of benzene rings is 2. The summed E-state index contributed by atoms with van der Waals surface area (Å²) in [5.74, 6) is -2.96. The highest BCUT2D eigenvalue weighted by Crippen LogP contribution is 2.31. The molecule has 0 atom stereocenters. The summed E-state index contributed by atoms with van der Waals surface area (Å²) in [4.78, 5) is 10.7. The first kappa shape index (κ1) is 30.0. The second kappa shape index (κ2) is 13.6. The Balaban J connectivity index is 1.45. The van der Waals surface area contributed by atoms with E-state index in [9.17, 15) is 13.2 Å². The Morgan fingerprint density at radius 2 is 1.90 bits per heavy atom. The first-order valence-electron chi connectivity index (χ1n) is 13.6. The number of pyridine rings is 1. The van der Waals surface area contributed by atoms with Crippen molar-refractivity contribution in [1.29, 1.82) is 0 Å². The molecule has 1 fully saturated rings. The summed E-state index contributed by atoms with van der Waals surface area (Å²) in [5.41, 5.74) is 7.21. The van der Waals surface area contributed by atoms with E-state index in [0.29, 0.717) is 42.0 Å². The van der Waals surface area contributed by atoms with Crippen LogP contribution in [0, 0.1) is 5.82 Å². The van der Waals surface area contributed by atoms with Gasteiger partial charge in [0.15, 0.2) is 0 Å². The van der Waals surface area contributed by atoms with Gasteiger partial charge in [-0.2, -0.15) is 0 Å². The van der Waals surface area contributed by atoms with E-state index in [1.165, 1.54) is 12.1 Å². The number of aromatic nitrogens is 1. The van der Waals surface area contributed by atoms with Gasteiger partial charge in [-0.15, -0.1) is 0 Å². The van der Waals surface area contributed by atoms with Gasteiger partial charge in [-0.3, -0.25) is 14.9 Å². The maximum absolute atomic E-state index is 14.2. The lowest BCUT2D eigenvalue weighted by molar-refractivity contribution is 0.0115.